The van der Waals surface area contributed by atoms with Gasteiger partial charge in [0.15, 0.2) is 0 Å². The molecule has 2 fully saturated rings. The van der Waals surface area contributed by atoms with Crippen molar-refractivity contribution in [1.82, 2.24) is 20.2 Å². The molecular weight excluding hydrogens is 254 g/mol. The standard InChI is InChI=1S/C14H21N5O/c20-14(12-2-1-3-15-10-12)19-8-6-18(7-9-19)13-11-16-4-5-17-13/h4-5,11-12,15H,1-3,6-10H2/t12-/m1/s1. The average Bonchev–Trinajstić information content (AvgIpc) is 2.56. The van der Waals surface area contributed by atoms with Gasteiger partial charge in [0.25, 0.3) is 0 Å². The summed E-state index contributed by atoms with van der Waals surface area (Å²) in [6, 6.07) is 0. The van der Waals surface area contributed by atoms with E-state index in [9.17, 15) is 4.79 Å². The molecule has 0 bridgehead atoms. The molecule has 2 saturated heterocycles. The molecule has 1 N–H and O–H groups in total. The number of piperidine rings is 1. The largest absolute Gasteiger partial charge is 0.352 e. The van der Waals surface area contributed by atoms with Gasteiger partial charge in [0.2, 0.25) is 5.91 Å². The fourth-order valence-corrected chi connectivity index (χ4v) is 2.93. The lowest BCUT2D eigenvalue weighted by molar-refractivity contribution is -0.136. The fraction of sp³-hybridized carbons (Fsp3) is 0.643. The third-order valence-electron chi connectivity index (χ3n) is 4.11. The van der Waals surface area contributed by atoms with Gasteiger partial charge in [-0.3, -0.25) is 9.78 Å². The minimum Gasteiger partial charge on any atom is -0.352 e. The summed E-state index contributed by atoms with van der Waals surface area (Å²) in [7, 11) is 0. The van der Waals surface area contributed by atoms with Gasteiger partial charge in [0, 0.05) is 45.1 Å². The van der Waals surface area contributed by atoms with Crippen LogP contribution in [0.1, 0.15) is 12.8 Å². The van der Waals surface area contributed by atoms with E-state index >= 15 is 0 Å². The molecule has 1 atom stereocenters. The van der Waals surface area contributed by atoms with Crippen LogP contribution in [0.2, 0.25) is 0 Å². The number of hydrogen-bond acceptors (Lipinski definition) is 5. The van der Waals surface area contributed by atoms with Crippen molar-refractivity contribution in [3.63, 3.8) is 0 Å². The lowest BCUT2D eigenvalue weighted by Crippen LogP contribution is -2.52. The molecule has 108 valence electrons. The van der Waals surface area contributed by atoms with Crippen LogP contribution in [0.3, 0.4) is 0 Å². The van der Waals surface area contributed by atoms with Gasteiger partial charge in [0.05, 0.1) is 12.1 Å². The van der Waals surface area contributed by atoms with E-state index in [0.717, 1.165) is 57.9 Å². The monoisotopic (exact) mass is 275 g/mol. The first-order chi connectivity index (χ1) is 9.84. The van der Waals surface area contributed by atoms with E-state index < -0.39 is 0 Å². The highest BCUT2D eigenvalue weighted by atomic mass is 16.2. The molecular formula is C14H21N5O. The van der Waals surface area contributed by atoms with Crippen LogP contribution >= 0.6 is 0 Å². The second-order valence-corrected chi connectivity index (χ2v) is 5.42. The number of nitrogens with one attached hydrogen (secondary N) is 1. The molecule has 6 nitrogen and oxygen atoms in total. The molecule has 0 aliphatic carbocycles. The number of anilines is 1. The lowest BCUT2D eigenvalue weighted by atomic mass is 9.98. The highest BCUT2D eigenvalue weighted by Gasteiger charge is 2.28. The first-order valence-electron chi connectivity index (χ1n) is 7.35. The molecule has 1 aromatic rings. The highest BCUT2D eigenvalue weighted by molar-refractivity contribution is 5.79. The Hall–Kier alpha value is -1.69. The molecule has 0 spiro atoms. The number of piperazine rings is 1. The van der Waals surface area contributed by atoms with Gasteiger partial charge in [-0.05, 0) is 19.4 Å². The predicted octanol–water partition coefficient (Wildman–Crippen LogP) is 0.125. The number of carbonyl (C=O) groups is 1. The van der Waals surface area contributed by atoms with Gasteiger partial charge in [-0.2, -0.15) is 0 Å². The zero-order valence-corrected chi connectivity index (χ0v) is 11.7. The first-order valence-corrected chi connectivity index (χ1v) is 7.35. The zero-order valence-electron chi connectivity index (χ0n) is 11.7. The predicted molar refractivity (Wildman–Crippen MR) is 76.4 cm³/mol. The van der Waals surface area contributed by atoms with Crippen molar-refractivity contribution in [2.75, 3.05) is 44.2 Å². The molecule has 0 unspecified atom stereocenters. The van der Waals surface area contributed by atoms with Gasteiger partial charge in [0.1, 0.15) is 5.82 Å². The van der Waals surface area contributed by atoms with Crippen LogP contribution in [-0.4, -0.2) is 60.0 Å². The van der Waals surface area contributed by atoms with Gasteiger partial charge < -0.3 is 15.1 Å². The smallest absolute Gasteiger partial charge is 0.227 e. The number of carbonyl (C=O) groups excluding carboxylic acids is 1. The SMILES string of the molecule is O=C([C@@H]1CCCNC1)N1CCN(c2cnccn2)CC1. The molecule has 2 aliphatic heterocycles. The Balaban J connectivity index is 1.54. The summed E-state index contributed by atoms with van der Waals surface area (Å²) in [5.41, 5.74) is 0. The third kappa shape index (κ3) is 2.90. The normalized spacial score (nSPS) is 23.7. The van der Waals surface area contributed by atoms with Crippen molar-refractivity contribution in [3.8, 4) is 0 Å². The van der Waals surface area contributed by atoms with E-state index in [0.29, 0.717) is 5.91 Å². The molecule has 0 saturated carbocycles. The van der Waals surface area contributed by atoms with Crippen LogP contribution in [0.25, 0.3) is 0 Å². The Morgan fingerprint density at radius 1 is 1.25 bits per heavy atom. The summed E-state index contributed by atoms with van der Waals surface area (Å²) >= 11 is 0. The van der Waals surface area contributed by atoms with E-state index in [2.05, 4.69) is 20.2 Å². The van der Waals surface area contributed by atoms with E-state index in [-0.39, 0.29) is 5.92 Å². The maximum absolute atomic E-state index is 12.4. The van der Waals surface area contributed by atoms with Crippen LogP contribution < -0.4 is 10.2 Å². The summed E-state index contributed by atoms with van der Waals surface area (Å²) in [5, 5.41) is 3.31. The van der Waals surface area contributed by atoms with Gasteiger partial charge in [-0.15, -0.1) is 0 Å². The zero-order chi connectivity index (χ0) is 13.8. The number of amides is 1. The fourth-order valence-electron chi connectivity index (χ4n) is 2.93. The van der Waals surface area contributed by atoms with E-state index in [1.165, 1.54) is 0 Å². The van der Waals surface area contributed by atoms with Crippen LogP contribution in [0.15, 0.2) is 18.6 Å². The van der Waals surface area contributed by atoms with E-state index in [4.69, 9.17) is 0 Å². The minimum absolute atomic E-state index is 0.173. The molecule has 0 radical (unpaired) electrons. The molecule has 0 aromatic carbocycles. The Morgan fingerprint density at radius 3 is 2.75 bits per heavy atom. The summed E-state index contributed by atoms with van der Waals surface area (Å²) in [4.78, 5) is 25.0. The second kappa shape index (κ2) is 6.17. The van der Waals surface area contributed by atoms with Gasteiger partial charge in [-0.1, -0.05) is 0 Å². The van der Waals surface area contributed by atoms with Crippen LogP contribution in [0.5, 0.6) is 0 Å². The number of hydrogen-bond donors (Lipinski definition) is 1. The maximum atomic E-state index is 12.4. The van der Waals surface area contributed by atoms with Crippen LogP contribution in [0, 0.1) is 5.92 Å². The van der Waals surface area contributed by atoms with Crippen molar-refractivity contribution in [2.45, 2.75) is 12.8 Å². The molecule has 2 aliphatic rings. The van der Waals surface area contributed by atoms with Crippen molar-refractivity contribution in [1.29, 1.82) is 0 Å². The van der Waals surface area contributed by atoms with Gasteiger partial charge in [-0.25, -0.2) is 4.98 Å². The number of aromatic nitrogens is 2. The molecule has 20 heavy (non-hydrogen) atoms. The van der Waals surface area contributed by atoms with Crippen LogP contribution in [-0.2, 0) is 4.79 Å². The average molecular weight is 275 g/mol. The molecule has 1 amide bonds. The van der Waals surface area contributed by atoms with E-state index in [1.807, 2.05) is 4.90 Å². The molecule has 1 aromatic heterocycles. The Kier molecular flexibility index (Phi) is 4.11. The summed E-state index contributed by atoms with van der Waals surface area (Å²) in [6.07, 6.45) is 7.30. The maximum Gasteiger partial charge on any atom is 0.227 e. The van der Waals surface area contributed by atoms with Crippen molar-refractivity contribution in [3.05, 3.63) is 18.6 Å². The quantitative estimate of drug-likeness (QED) is 0.831. The summed E-state index contributed by atoms with van der Waals surface area (Å²) < 4.78 is 0. The molecule has 3 heterocycles. The Labute approximate surface area is 119 Å². The molecule has 3 rings (SSSR count). The highest BCUT2D eigenvalue weighted by Crippen LogP contribution is 2.17. The van der Waals surface area contributed by atoms with Crippen molar-refractivity contribution >= 4 is 11.7 Å². The second-order valence-electron chi connectivity index (χ2n) is 5.42. The Morgan fingerprint density at radius 2 is 2.10 bits per heavy atom. The lowest BCUT2D eigenvalue weighted by Gasteiger charge is -2.37. The van der Waals surface area contributed by atoms with Gasteiger partial charge >= 0.3 is 0 Å². The van der Waals surface area contributed by atoms with Crippen molar-refractivity contribution < 1.29 is 4.79 Å². The molecule has 6 heteroatoms. The summed E-state index contributed by atoms with van der Waals surface area (Å²) in [5.74, 6) is 1.39. The summed E-state index contributed by atoms with van der Waals surface area (Å²) in [6.45, 7) is 5.13. The Bertz CT molecular complexity index is 438. The number of nitrogens with zero attached hydrogens (tertiary/aromatic N) is 4. The third-order valence-corrected chi connectivity index (χ3v) is 4.11. The minimum atomic E-state index is 0.173. The number of rotatable bonds is 2. The van der Waals surface area contributed by atoms with Crippen LogP contribution in [0.4, 0.5) is 5.82 Å². The van der Waals surface area contributed by atoms with E-state index in [1.54, 1.807) is 18.6 Å². The van der Waals surface area contributed by atoms with Crippen molar-refractivity contribution in [2.24, 2.45) is 5.92 Å². The topological polar surface area (TPSA) is 61.4 Å². The first kappa shape index (κ1) is 13.3.